The minimum absolute atomic E-state index is 0.153. The van der Waals surface area contributed by atoms with Crippen LogP contribution >= 0.6 is 0 Å². The van der Waals surface area contributed by atoms with E-state index in [1.165, 1.54) is 0 Å². The van der Waals surface area contributed by atoms with Crippen molar-refractivity contribution in [1.29, 1.82) is 0 Å². The smallest absolute Gasteiger partial charge is 0.163 e. The topological polar surface area (TPSA) is 79.1 Å². The highest BCUT2D eigenvalue weighted by molar-refractivity contribution is 5.86. The first-order chi connectivity index (χ1) is 11.7. The molecule has 0 unspecified atom stereocenters. The van der Waals surface area contributed by atoms with Crippen LogP contribution in [0, 0.1) is 0 Å². The van der Waals surface area contributed by atoms with Crippen molar-refractivity contribution in [2.45, 2.75) is 45.1 Å². The summed E-state index contributed by atoms with van der Waals surface area (Å²) in [6, 6.07) is 0. The number of fused-ring (bicyclic) bond motifs is 1. The zero-order valence-corrected chi connectivity index (χ0v) is 14.7. The van der Waals surface area contributed by atoms with Gasteiger partial charge in [0.25, 0.3) is 0 Å². The van der Waals surface area contributed by atoms with Crippen molar-refractivity contribution in [2.75, 3.05) is 31.5 Å². The quantitative estimate of drug-likeness (QED) is 0.750. The maximum absolute atomic E-state index is 9.73. The summed E-state index contributed by atoms with van der Waals surface area (Å²) in [6.07, 6.45) is 6.64. The monoisotopic (exact) mass is 332 g/mol. The first-order valence-electron chi connectivity index (χ1n) is 9.00. The summed E-state index contributed by atoms with van der Waals surface area (Å²) in [5, 5.41) is 18.5. The van der Waals surface area contributed by atoms with E-state index >= 15 is 0 Å². The van der Waals surface area contributed by atoms with Gasteiger partial charge in [0.05, 0.1) is 17.7 Å². The molecule has 7 nitrogen and oxygen atoms in total. The van der Waals surface area contributed by atoms with Gasteiger partial charge < -0.3 is 15.3 Å². The van der Waals surface area contributed by atoms with Crippen LogP contribution in [-0.2, 0) is 13.5 Å². The molecule has 1 atom stereocenters. The molecule has 0 bridgehead atoms. The van der Waals surface area contributed by atoms with Gasteiger partial charge in [0.15, 0.2) is 5.65 Å². The highest BCUT2D eigenvalue weighted by Gasteiger charge is 2.17. The van der Waals surface area contributed by atoms with Crippen molar-refractivity contribution >= 4 is 16.9 Å². The van der Waals surface area contributed by atoms with E-state index in [0.29, 0.717) is 0 Å². The fourth-order valence-corrected chi connectivity index (χ4v) is 3.28. The van der Waals surface area contributed by atoms with Crippen LogP contribution in [0.25, 0.3) is 11.0 Å². The average Bonchev–Trinajstić information content (AvgIpc) is 2.93. The van der Waals surface area contributed by atoms with Gasteiger partial charge in [0, 0.05) is 26.6 Å². The number of aromatic nitrogens is 4. The van der Waals surface area contributed by atoms with E-state index in [1.54, 1.807) is 4.68 Å². The molecule has 3 heterocycles. The zero-order valence-electron chi connectivity index (χ0n) is 14.7. The van der Waals surface area contributed by atoms with E-state index in [2.05, 4.69) is 32.2 Å². The van der Waals surface area contributed by atoms with Crippen LogP contribution in [-0.4, -0.2) is 62.0 Å². The molecular weight excluding hydrogens is 304 g/mol. The number of piperidine rings is 1. The van der Waals surface area contributed by atoms with Crippen molar-refractivity contribution < 1.29 is 5.11 Å². The molecule has 0 aliphatic carbocycles. The summed E-state index contributed by atoms with van der Waals surface area (Å²) in [4.78, 5) is 11.6. The molecule has 2 aromatic rings. The third-order valence-electron chi connectivity index (χ3n) is 4.54. The van der Waals surface area contributed by atoms with Crippen LogP contribution in [0.2, 0.25) is 0 Å². The maximum atomic E-state index is 9.73. The van der Waals surface area contributed by atoms with Gasteiger partial charge in [-0.15, -0.1) is 0 Å². The Hall–Kier alpha value is -1.73. The molecule has 0 spiro atoms. The Morgan fingerprint density at radius 1 is 1.38 bits per heavy atom. The van der Waals surface area contributed by atoms with Crippen LogP contribution in [0.3, 0.4) is 0 Å². The van der Waals surface area contributed by atoms with Crippen LogP contribution in [0.4, 0.5) is 5.82 Å². The number of aliphatic hydroxyl groups is 1. The highest BCUT2D eigenvalue weighted by atomic mass is 16.3. The van der Waals surface area contributed by atoms with Crippen LogP contribution < -0.4 is 5.32 Å². The zero-order chi connectivity index (χ0) is 16.9. The maximum Gasteiger partial charge on any atom is 0.163 e. The molecule has 0 amide bonds. The fourth-order valence-electron chi connectivity index (χ4n) is 3.28. The van der Waals surface area contributed by atoms with Crippen LogP contribution in [0.1, 0.15) is 38.4 Å². The summed E-state index contributed by atoms with van der Waals surface area (Å²) < 4.78 is 1.80. The molecular formula is C17H28N6O. The number of nitrogens with zero attached hydrogens (tertiary/aromatic N) is 5. The second-order valence-electron chi connectivity index (χ2n) is 6.62. The Labute approximate surface area is 143 Å². The molecule has 0 radical (unpaired) electrons. The van der Waals surface area contributed by atoms with Crippen LogP contribution in [0.15, 0.2) is 6.20 Å². The average molecular weight is 332 g/mol. The van der Waals surface area contributed by atoms with E-state index in [9.17, 15) is 5.11 Å². The Morgan fingerprint density at radius 3 is 3.04 bits per heavy atom. The first kappa shape index (κ1) is 17.1. The summed E-state index contributed by atoms with van der Waals surface area (Å²) in [5.74, 6) is 1.76. The van der Waals surface area contributed by atoms with Gasteiger partial charge in [0.2, 0.25) is 0 Å². The van der Waals surface area contributed by atoms with Gasteiger partial charge in [-0.1, -0.05) is 6.92 Å². The number of likely N-dealkylation sites (tertiary alicyclic amines) is 1. The molecule has 1 saturated heterocycles. The van der Waals surface area contributed by atoms with Gasteiger partial charge in [0.1, 0.15) is 11.6 Å². The summed E-state index contributed by atoms with van der Waals surface area (Å²) in [5.41, 5.74) is 0.884. The van der Waals surface area contributed by atoms with Gasteiger partial charge in [-0.2, -0.15) is 5.10 Å². The molecule has 0 saturated carbocycles. The summed E-state index contributed by atoms with van der Waals surface area (Å²) in [6.45, 7) is 5.91. The van der Waals surface area contributed by atoms with Crippen molar-refractivity contribution in [3.05, 3.63) is 12.0 Å². The van der Waals surface area contributed by atoms with Gasteiger partial charge >= 0.3 is 0 Å². The van der Waals surface area contributed by atoms with E-state index in [4.69, 9.17) is 0 Å². The molecule has 0 aromatic carbocycles. The van der Waals surface area contributed by atoms with Crippen molar-refractivity contribution in [3.8, 4) is 0 Å². The largest absolute Gasteiger partial charge is 0.392 e. The second-order valence-corrected chi connectivity index (χ2v) is 6.62. The van der Waals surface area contributed by atoms with E-state index in [0.717, 1.165) is 81.0 Å². The molecule has 2 aromatic heterocycles. The van der Waals surface area contributed by atoms with Gasteiger partial charge in [-0.25, -0.2) is 9.97 Å². The second kappa shape index (κ2) is 7.90. The van der Waals surface area contributed by atoms with E-state index < -0.39 is 0 Å². The Bertz CT molecular complexity index is 670. The number of hydrogen-bond acceptors (Lipinski definition) is 6. The van der Waals surface area contributed by atoms with E-state index in [1.807, 2.05) is 13.2 Å². The summed E-state index contributed by atoms with van der Waals surface area (Å²) in [7, 11) is 1.91. The SMILES string of the molecule is CCCc1nc(NCCCN2CCC[C@H](O)C2)c2cnn(C)c2n1. The van der Waals surface area contributed by atoms with Crippen molar-refractivity contribution in [2.24, 2.45) is 7.05 Å². The molecule has 1 fully saturated rings. The number of anilines is 1. The summed E-state index contributed by atoms with van der Waals surface area (Å²) >= 11 is 0. The molecule has 1 aliphatic rings. The molecule has 24 heavy (non-hydrogen) atoms. The predicted molar refractivity (Wildman–Crippen MR) is 95.1 cm³/mol. The fraction of sp³-hybridized carbons (Fsp3) is 0.706. The number of hydrogen-bond donors (Lipinski definition) is 2. The number of β-amino-alcohol motifs (C(OH)–C–C–N with tert-alkyl or cyclic N) is 1. The van der Waals surface area contributed by atoms with Gasteiger partial charge in [-0.3, -0.25) is 4.68 Å². The number of aliphatic hydroxyl groups excluding tert-OH is 1. The lowest BCUT2D eigenvalue weighted by molar-refractivity contribution is 0.0706. The lowest BCUT2D eigenvalue weighted by atomic mass is 10.1. The minimum Gasteiger partial charge on any atom is -0.392 e. The lowest BCUT2D eigenvalue weighted by Gasteiger charge is -2.29. The van der Waals surface area contributed by atoms with Gasteiger partial charge in [-0.05, 0) is 38.8 Å². The van der Waals surface area contributed by atoms with Crippen molar-refractivity contribution in [1.82, 2.24) is 24.6 Å². The molecule has 132 valence electrons. The Balaban J connectivity index is 1.60. The van der Waals surface area contributed by atoms with E-state index in [-0.39, 0.29) is 6.10 Å². The number of rotatable bonds is 7. The highest BCUT2D eigenvalue weighted by Crippen LogP contribution is 2.20. The van der Waals surface area contributed by atoms with Crippen molar-refractivity contribution in [3.63, 3.8) is 0 Å². The first-order valence-corrected chi connectivity index (χ1v) is 9.00. The Morgan fingerprint density at radius 2 is 2.25 bits per heavy atom. The standard InChI is InChI=1S/C17H28N6O/c1-3-6-15-20-16(14-11-19-22(2)17(14)21-15)18-8-5-10-23-9-4-7-13(24)12-23/h11,13,24H,3-10,12H2,1-2H3,(H,18,20,21)/t13-/m0/s1. The molecule has 2 N–H and O–H groups in total. The normalized spacial score (nSPS) is 19.0. The van der Waals surface area contributed by atoms with Crippen LogP contribution in [0.5, 0.6) is 0 Å². The minimum atomic E-state index is -0.153. The third kappa shape index (κ3) is 4.02. The number of aryl methyl sites for hydroxylation is 2. The molecule has 7 heteroatoms. The molecule has 1 aliphatic heterocycles. The predicted octanol–water partition coefficient (Wildman–Crippen LogP) is 1.57. The number of nitrogens with one attached hydrogen (secondary N) is 1. The Kier molecular flexibility index (Phi) is 5.63. The lowest BCUT2D eigenvalue weighted by Crippen LogP contribution is -2.39. The molecule has 3 rings (SSSR count). The third-order valence-corrected chi connectivity index (χ3v) is 4.54.